The van der Waals surface area contributed by atoms with Crippen molar-refractivity contribution in [2.24, 2.45) is 0 Å². The van der Waals surface area contributed by atoms with Gasteiger partial charge in [-0.15, -0.1) is 0 Å². The van der Waals surface area contributed by atoms with Gasteiger partial charge in [0.05, 0.1) is 37.9 Å². The molecule has 1 unspecified atom stereocenters. The molecule has 10 heteroatoms. The van der Waals surface area contributed by atoms with Crippen molar-refractivity contribution in [2.45, 2.75) is 70.7 Å². The minimum Gasteiger partial charge on any atom is -0.491 e. The molecule has 9 nitrogen and oxygen atoms in total. The fourth-order valence-electron chi connectivity index (χ4n) is 4.18. The van der Waals surface area contributed by atoms with Gasteiger partial charge < -0.3 is 33.5 Å². The zero-order valence-corrected chi connectivity index (χ0v) is 22.9. The van der Waals surface area contributed by atoms with E-state index in [9.17, 15) is 9.59 Å². The van der Waals surface area contributed by atoms with Gasteiger partial charge in [0.15, 0.2) is 17.6 Å². The average molecular weight is 527 g/mol. The van der Waals surface area contributed by atoms with Gasteiger partial charge in [-0.1, -0.05) is 11.6 Å². The number of nitrogens with zero attached hydrogens (tertiary/aromatic N) is 2. The summed E-state index contributed by atoms with van der Waals surface area (Å²) in [6, 6.07) is 3.51. The number of halogens is 1. The van der Waals surface area contributed by atoms with Gasteiger partial charge in [0.2, 0.25) is 0 Å². The first-order valence-corrected chi connectivity index (χ1v) is 12.8. The number of carbonyl (C=O) groups excluding carboxylic acids is 2. The van der Waals surface area contributed by atoms with Gasteiger partial charge >= 0.3 is 6.09 Å². The van der Waals surface area contributed by atoms with Gasteiger partial charge in [0, 0.05) is 32.7 Å². The molecular weight excluding hydrogens is 488 g/mol. The van der Waals surface area contributed by atoms with E-state index in [2.05, 4.69) is 0 Å². The Kier molecular flexibility index (Phi) is 9.72. The van der Waals surface area contributed by atoms with Crippen molar-refractivity contribution in [3.8, 4) is 11.5 Å². The molecule has 0 N–H and O–H groups in total. The number of morpholine rings is 1. The SMILES string of the molecule is COCCCOc1cc(C(C)N(C(=O)[C@H]2CN(C(=O)OC(C)(C)C)CCO2)C2CC2)cc(Cl)c1OC. The zero-order chi connectivity index (χ0) is 26.5. The maximum Gasteiger partial charge on any atom is 0.410 e. The van der Waals surface area contributed by atoms with E-state index in [1.54, 1.807) is 19.1 Å². The Bertz CT molecular complexity index is 916. The molecule has 1 aliphatic carbocycles. The third-order valence-electron chi connectivity index (χ3n) is 6.07. The van der Waals surface area contributed by atoms with Gasteiger partial charge in [-0.25, -0.2) is 4.79 Å². The standard InChI is InChI=1S/C26H39ClN2O7/c1-17(18-14-20(27)23(33-6)21(15-18)34-12-7-11-32-5)29(19-8-9-19)24(30)22-16-28(10-13-35-22)25(31)36-26(2,3)4/h14-15,17,19,22H,7-13,16H2,1-6H3/t17?,22-/m1/s1. The first-order valence-electron chi connectivity index (χ1n) is 12.5. The second-order valence-electron chi connectivity index (χ2n) is 10.2. The molecule has 1 saturated heterocycles. The highest BCUT2D eigenvalue weighted by Crippen LogP contribution is 2.41. The smallest absolute Gasteiger partial charge is 0.410 e. The van der Waals surface area contributed by atoms with Crippen molar-refractivity contribution in [3.63, 3.8) is 0 Å². The number of ether oxygens (including phenoxy) is 5. The number of hydrogen-bond donors (Lipinski definition) is 0. The lowest BCUT2D eigenvalue weighted by Crippen LogP contribution is -2.54. The Labute approximate surface area is 218 Å². The summed E-state index contributed by atoms with van der Waals surface area (Å²) >= 11 is 6.54. The lowest BCUT2D eigenvalue weighted by Gasteiger charge is -2.38. The molecule has 1 aromatic rings. The van der Waals surface area contributed by atoms with Crippen molar-refractivity contribution in [1.82, 2.24) is 9.80 Å². The average Bonchev–Trinajstić information content (AvgIpc) is 3.65. The lowest BCUT2D eigenvalue weighted by atomic mass is 10.0. The van der Waals surface area contributed by atoms with Crippen LogP contribution >= 0.6 is 11.6 Å². The maximum atomic E-state index is 13.7. The van der Waals surface area contributed by atoms with Crippen LogP contribution in [0.5, 0.6) is 11.5 Å². The number of methoxy groups -OCH3 is 2. The largest absolute Gasteiger partial charge is 0.491 e. The van der Waals surface area contributed by atoms with Gasteiger partial charge in [-0.2, -0.15) is 0 Å². The van der Waals surface area contributed by atoms with E-state index >= 15 is 0 Å². The Hall–Kier alpha value is -2.23. The first kappa shape index (κ1) is 28.3. The van der Waals surface area contributed by atoms with Crippen LogP contribution in [0.15, 0.2) is 12.1 Å². The molecule has 1 heterocycles. The summed E-state index contributed by atoms with van der Waals surface area (Å²) in [5.41, 5.74) is 0.225. The summed E-state index contributed by atoms with van der Waals surface area (Å²) < 4.78 is 27.8. The van der Waals surface area contributed by atoms with Crippen LogP contribution in [0.1, 0.15) is 58.6 Å². The Balaban J connectivity index is 1.78. The molecule has 1 aliphatic heterocycles. The number of benzene rings is 1. The monoisotopic (exact) mass is 526 g/mol. The summed E-state index contributed by atoms with van der Waals surface area (Å²) in [7, 11) is 3.19. The number of rotatable bonds is 10. The fraction of sp³-hybridized carbons (Fsp3) is 0.692. The highest BCUT2D eigenvalue weighted by Gasteiger charge is 2.42. The van der Waals surface area contributed by atoms with Crippen molar-refractivity contribution in [1.29, 1.82) is 0 Å². The van der Waals surface area contributed by atoms with Gasteiger partial charge in [-0.3, -0.25) is 4.79 Å². The quantitative estimate of drug-likeness (QED) is 0.416. The van der Waals surface area contributed by atoms with Crippen molar-refractivity contribution in [2.75, 3.05) is 47.1 Å². The molecule has 0 bridgehead atoms. The lowest BCUT2D eigenvalue weighted by molar-refractivity contribution is -0.151. The van der Waals surface area contributed by atoms with Crippen LogP contribution in [0.25, 0.3) is 0 Å². The minimum atomic E-state index is -0.757. The summed E-state index contributed by atoms with van der Waals surface area (Å²) in [5.74, 6) is 0.835. The van der Waals surface area contributed by atoms with Crippen LogP contribution < -0.4 is 9.47 Å². The molecule has 3 rings (SSSR count). The van der Waals surface area contributed by atoms with E-state index in [1.807, 2.05) is 44.7 Å². The van der Waals surface area contributed by atoms with Crippen molar-refractivity contribution in [3.05, 3.63) is 22.7 Å². The summed E-state index contributed by atoms with van der Waals surface area (Å²) in [4.78, 5) is 29.7. The molecule has 2 fully saturated rings. The predicted octanol–water partition coefficient (Wildman–Crippen LogP) is 4.45. The normalized spacial score (nSPS) is 19.0. The van der Waals surface area contributed by atoms with Crippen molar-refractivity contribution >= 4 is 23.6 Å². The Morgan fingerprint density at radius 1 is 1.22 bits per heavy atom. The van der Waals surface area contributed by atoms with Crippen LogP contribution in [0.4, 0.5) is 4.79 Å². The number of carbonyl (C=O) groups is 2. The molecule has 2 atom stereocenters. The molecular formula is C26H39ClN2O7. The van der Waals surface area contributed by atoms with Gasteiger partial charge in [0.1, 0.15) is 5.60 Å². The van der Waals surface area contributed by atoms with Crippen LogP contribution in [0.3, 0.4) is 0 Å². The molecule has 2 amide bonds. The van der Waals surface area contributed by atoms with Crippen LogP contribution in [0.2, 0.25) is 5.02 Å². The third kappa shape index (κ3) is 7.40. The van der Waals surface area contributed by atoms with E-state index in [0.29, 0.717) is 36.3 Å². The van der Waals surface area contributed by atoms with E-state index in [-0.39, 0.29) is 31.1 Å². The molecule has 0 aromatic heterocycles. The minimum absolute atomic E-state index is 0.111. The first-order chi connectivity index (χ1) is 17.1. The van der Waals surface area contributed by atoms with Crippen LogP contribution in [-0.2, 0) is 19.0 Å². The second-order valence-corrected chi connectivity index (χ2v) is 10.6. The summed E-state index contributed by atoms with van der Waals surface area (Å²) in [5, 5.41) is 0.414. The molecule has 36 heavy (non-hydrogen) atoms. The van der Waals surface area contributed by atoms with Crippen LogP contribution in [-0.4, -0.2) is 86.7 Å². The van der Waals surface area contributed by atoms with Crippen LogP contribution in [0, 0.1) is 0 Å². The van der Waals surface area contributed by atoms with E-state index in [4.69, 9.17) is 35.3 Å². The number of hydrogen-bond acceptors (Lipinski definition) is 7. The zero-order valence-electron chi connectivity index (χ0n) is 22.2. The molecule has 1 saturated carbocycles. The molecule has 202 valence electrons. The Morgan fingerprint density at radius 3 is 2.56 bits per heavy atom. The van der Waals surface area contributed by atoms with E-state index < -0.39 is 17.8 Å². The molecule has 0 spiro atoms. The predicted molar refractivity (Wildman–Crippen MR) is 136 cm³/mol. The summed E-state index contributed by atoms with van der Waals surface area (Å²) in [6.45, 7) is 9.27. The fourth-order valence-corrected chi connectivity index (χ4v) is 4.47. The molecule has 1 aromatic carbocycles. The second kappa shape index (κ2) is 12.3. The van der Waals surface area contributed by atoms with Crippen molar-refractivity contribution < 1.29 is 33.3 Å². The topological polar surface area (TPSA) is 86.8 Å². The highest BCUT2D eigenvalue weighted by molar-refractivity contribution is 6.32. The summed E-state index contributed by atoms with van der Waals surface area (Å²) in [6.07, 6.45) is 1.36. The van der Waals surface area contributed by atoms with Gasteiger partial charge in [0.25, 0.3) is 5.91 Å². The number of amides is 2. The maximum absolute atomic E-state index is 13.7. The van der Waals surface area contributed by atoms with E-state index in [1.165, 1.54) is 0 Å². The highest BCUT2D eigenvalue weighted by atomic mass is 35.5. The third-order valence-corrected chi connectivity index (χ3v) is 6.36. The molecule has 0 radical (unpaired) electrons. The van der Waals surface area contributed by atoms with Gasteiger partial charge in [-0.05, 0) is 58.2 Å². The Morgan fingerprint density at radius 2 is 1.94 bits per heavy atom. The van der Waals surface area contributed by atoms with E-state index in [0.717, 1.165) is 24.8 Å². The molecule has 2 aliphatic rings.